The fraction of sp³-hybridized carbons (Fsp3) is 0.400. The number of imidazole rings is 1. The van der Waals surface area contributed by atoms with Gasteiger partial charge < -0.3 is 19.2 Å². The number of hydrogen-bond donors (Lipinski definition) is 1. The first-order valence-electron chi connectivity index (χ1n) is 9.09. The predicted octanol–water partition coefficient (Wildman–Crippen LogP) is 2.92. The summed E-state index contributed by atoms with van der Waals surface area (Å²) >= 11 is 0. The van der Waals surface area contributed by atoms with E-state index in [9.17, 15) is 4.79 Å². The Morgan fingerprint density at radius 3 is 2.96 bits per heavy atom. The van der Waals surface area contributed by atoms with E-state index in [4.69, 9.17) is 4.74 Å². The summed E-state index contributed by atoms with van der Waals surface area (Å²) in [5, 5.41) is 1.15. The molecule has 1 N–H and O–H groups in total. The van der Waals surface area contributed by atoms with Crippen LogP contribution in [-0.4, -0.2) is 45.1 Å². The molecule has 0 spiro atoms. The summed E-state index contributed by atoms with van der Waals surface area (Å²) in [5.74, 6) is 0.943. The number of H-pyrrole nitrogens is 1. The van der Waals surface area contributed by atoms with Crippen LogP contribution in [0.1, 0.15) is 30.8 Å². The third kappa shape index (κ3) is 2.90. The van der Waals surface area contributed by atoms with Crippen molar-refractivity contribution in [1.29, 1.82) is 0 Å². The lowest BCUT2D eigenvalue weighted by atomic mass is 10.1. The summed E-state index contributed by atoms with van der Waals surface area (Å²) in [6.07, 6.45) is 6.84. The highest BCUT2D eigenvalue weighted by atomic mass is 16.5. The fourth-order valence-electron chi connectivity index (χ4n) is 3.95. The Balaban J connectivity index is 1.61. The van der Waals surface area contributed by atoms with Crippen molar-refractivity contribution in [2.45, 2.75) is 38.5 Å². The summed E-state index contributed by atoms with van der Waals surface area (Å²) in [6, 6.07) is 8.21. The fourth-order valence-corrected chi connectivity index (χ4v) is 3.95. The second-order valence-corrected chi connectivity index (χ2v) is 6.76. The summed E-state index contributed by atoms with van der Waals surface area (Å²) in [7, 11) is 1.70. The number of nitrogens with one attached hydrogen (secondary N) is 1. The van der Waals surface area contributed by atoms with Crippen molar-refractivity contribution in [2.24, 2.45) is 0 Å². The molecule has 0 radical (unpaired) electrons. The summed E-state index contributed by atoms with van der Waals surface area (Å²) in [5.41, 5.74) is 2.25. The zero-order valence-corrected chi connectivity index (χ0v) is 15.2. The molecule has 1 saturated heterocycles. The molecular weight excluding hydrogens is 328 g/mol. The van der Waals surface area contributed by atoms with Gasteiger partial charge in [0.05, 0.1) is 18.6 Å². The standard InChI is InChI=1S/C20H24N4O2/c1-3-23-12-14(16-6-4-5-7-17(16)23)10-19(25)24-13-15(26-2)11-18(24)20-21-8-9-22-20/h4-9,12,15,18H,3,10-11,13H2,1-2H3,(H,21,22)/t15-,18?/m1/s1. The van der Waals surface area contributed by atoms with Gasteiger partial charge in [-0.25, -0.2) is 4.98 Å². The number of ether oxygens (including phenoxy) is 1. The molecule has 3 aromatic rings. The van der Waals surface area contributed by atoms with E-state index < -0.39 is 0 Å². The van der Waals surface area contributed by atoms with Crippen LogP contribution in [-0.2, 0) is 22.5 Å². The first kappa shape index (κ1) is 16.8. The molecule has 0 saturated carbocycles. The first-order valence-corrected chi connectivity index (χ1v) is 9.09. The maximum absolute atomic E-state index is 13.1. The molecule has 2 atom stereocenters. The second-order valence-electron chi connectivity index (χ2n) is 6.76. The Hall–Kier alpha value is -2.60. The average molecular weight is 352 g/mol. The smallest absolute Gasteiger partial charge is 0.227 e. The predicted molar refractivity (Wildman–Crippen MR) is 99.8 cm³/mol. The van der Waals surface area contributed by atoms with Crippen LogP contribution in [0.4, 0.5) is 0 Å². The highest BCUT2D eigenvalue weighted by Gasteiger charge is 2.37. The molecule has 1 amide bonds. The molecular formula is C20H24N4O2. The van der Waals surface area contributed by atoms with Gasteiger partial charge in [-0.1, -0.05) is 18.2 Å². The molecule has 1 aliphatic heterocycles. The quantitative estimate of drug-likeness (QED) is 0.768. The number of rotatable bonds is 5. The van der Waals surface area contributed by atoms with Crippen molar-refractivity contribution in [2.75, 3.05) is 13.7 Å². The molecule has 26 heavy (non-hydrogen) atoms. The van der Waals surface area contributed by atoms with Crippen molar-refractivity contribution in [3.63, 3.8) is 0 Å². The van der Waals surface area contributed by atoms with Crippen molar-refractivity contribution in [3.8, 4) is 0 Å². The van der Waals surface area contributed by atoms with Crippen molar-refractivity contribution >= 4 is 16.8 Å². The number of likely N-dealkylation sites (tertiary alicyclic amines) is 1. The molecule has 3 heterocycles. The van der Waals surface area contributed by atoms with Crippen molar-refractivity contribution in [1.82, 2.24) is 19.4 Å². The number of amides is 1. The number of benzene rings is 1. The van der Waals surface area contributed by atoms with Gasteiger partial charge in [0.2, 0.25) is 5.91 Å². The molecule has 0 bridgehead atoms. The number of hydrogen-bond acceptors (Lipinski definition) is 3. The summed E-state index contributed by atoms with van der Waals surface area (Å²) < 4.78 is 7.72. The number of aromatic nitrogens is 3. The maximum Gasteiger partial charge on any atom is 0.227 e. The van der Waals surface area contributed by atoms with Gasteiger partial charge in [0.1, 0.15) is 5.82 Å². The van der Waals surface area contributed by atoms with Gasteiger partial charge in [0, 0.05) is 56.1 Å². The number of methoxy groups -OCH3 is 1. The topological polar surface area (TPSA) is 63.1 Å². The number of carbonyl (C=O) groups excluding carboxylic acids is 1. The highest BCUT2D eigenvalue weighted by molar-refractivity contribution is 5.89. The lowest BCUT2D eigenvalue weighted by Gasteiger charge is -2.23. The minimum Gasteiger partial charge on any atom is -0.380 e. The third-order valence-electron chi connectivity index (χ3n) is 5.30. The van der Waals surface area contributed by atoms with Gasteiger partial charge in [-0.15, -0.1) is 0 Å². The van der Waals surface area contributed by atoms with Crippen LogP contribution >= 0.6 is 0 Å². The van der Waals surface area contributed by atoms with Crippen molar-refractivity contribution in [3.05, 3.63) is 54.2 Å². The number of nitrogens with zero attached hydrogens (tertiary/aromatic N) is 3. The van der Waals surface area contributed by atoms with E-state index in [0.717, 1.165) is 29.7 Å². The molecule has 1 unspecified atom stereocenters. The van der Waals surface area contributed by atoms with E-state index in [2.05, 4.69) is 39.8 Å². The number of aromatic amines is 1. The molecule has 2 aromatic heterocycles. The zero-order valence-electron chi connectivity index (χ0n) is 15.2. The van der Waals surface area contributed by atoms with Gasteiger partial charge in [-0.2, -0.15) is 0 Å². The van der Waals surface area contributed by atoms with Gasteiger partial charge in [-0.3, -0.25) is 4.79 Å². The number of para-hydroxylation sites is 1. The Morgan fingerprint density at radius 1 is 1.38 bits per heavy atom. The normalized spacial score (nSPS) is 20.2. The SMILES string of the molecule is CCn1cc(CC(=O)N2C[C@H](OC)CC2c2ncc[nH]2)c2ccccc21. The molecule has 4 rings (SSSR count). The first-order chi connectivity index (χ1) is 12.7. The van der Waals surface area contributed by atoms with Crippen LogP contribution in [0.2, 0.25) is 0 Å². The Morgan fingerprint density at radius 2 is 2.23 bits per heavy atom. The van der Waals surface area contributed by atoms with E-state index in [-0.39, 0.29) is 18.1 Å². The Bertz CT molecular complexity index is 900. The molecule has 1 fully saturated rings. The third-order valence-corrected chi connectivity index (χ3v) is 5.30. The van der Waals surface area contributed by atoms with Gasteiger partial charge in [-0.05, 0) is 18.6 Å². The maximum atomic E-state index is 13.1. The molecule has 1 aromatic carbocycles. The molecule has 0 aliphatic carbocycles. The number of carbonyl (C=O) groups is 1. The molecule has 136 valence electrons. The molecule has 1 aliphatic rings. The zero-order chi connectivity index (χ0) is 18.1. The van der Waals surface area contributed by atoms with Crippen LogP contribution < -0.4 is 0 Å². The van der Waals surface area contributed by atoms with Gasteiger partial charge >= 0.3 is 0 Å². The summed E-state index contributed by atoms with van der Waals surface area (Å²) in [6.45, 7) is 3.61. The van der Waals surface area contributed by atoms with E-state index >= 15 is 0 Å². The Kier molecular flexibility index (Phi) is 4.51. The minimum absolute atomic E-state index is 0.0473. The Labute approximate surface area is 152 Å². The van der Waals surface area contributed by atoms with Gasteiger partial charge in [0.25, 0.3) is 0 Å². The van der Waals surface area contributed by atoms with E-state index in [1.807, 2.05) is 17.0 Å². The van der Waals surface area contributed by atoms with Crippen molar-refractivity contribution < 1.29 is 9.53 Å². The summed E-state index contributed by atoms with van der Waals surface area (Å²) in [4.78, 5) is 22.6. The van der Waals surface area contributed by atoms with Crippen LogP contribution in [0, 0.1) is 0 Å². The monoisotopic (exact) mass is 352 g/mol. The highest BCUT2D eigenvalue weighted by Crippen LogP contribution is 2.32. The molecule has 6 heteroatoms. The largest absolute Gasteiger partial charge is 0.380 e. The van der Waals surface area contributed by atoms with Crippen LogP contribution in [0.5, 0.6) is 0 Å². The van der Waals surface area contributed by atoms with Crippen LogP contribution in [0.3, 0.4) is 0 Å². The van der Waals surface area contributed by atoms with E-state index in [1.165, 1.54) is 5.52 Å². The minimum atomic E-state index is -0.0537. The van der Waals surface area contributed by atoms with E-state index in [0.29, 0.717) is 13.0 Å². The van der Waals surface area contributed by atoms with E-state index in [1.54, 1.807) is 19.5 Å². The van der Waals surface area contributed by atoms with Gasteiger partial charge in [0.15, 0.2) is 0 Å². The number of fused-ring (bicyclic) bond motifs is 1. The second kappa shape index (κ2) is 6.96. The molecule has 6 nitrogen and oxygen atoms in total. The lowest BCUT2D eigenvalue weighted by molar-refractivity contribution is -0.131. The number of aryl methyl sites for hydroxylation is 1. The average Bonchev–Trinajstić information content (AvgIpc) is 3.40. The van der Waals surface area contributed by atoms with Crippen LogP contribution in [0.15, 0.2) is 42.9 Å². The lowest BCUT2D eigenvalue weighted by Crippen LogP contribution is -2.33. The van der Waals surface area contributed by atoms with Crippen LogP contribution in [0.25, 0.3) is 10.9 Å².